The Labute approximate surface area is 225 Å². The van der Waals surface area contributed by atoms with Crippen LogP contribution in [0.2, 0.25) is 0 Å². The number of esters is 3. The molecule has 1 saturated heterocycles. The fraction of sp³-hybridized carbons (Fsp3) is 0.417. The minimum absolute atomic E-state index is 0.0329. The van der Waals surface area contributed by atoms with Gasteiger partial charge in [-0.05, 0) is 5.56 Å². The molecule has 212 valence electrons. The highest BCUT2D eigenvalue weighted by Gasteiger charge is 2.51. The zero-order valence-electron chi connectivity index (χ0n) is 21.5. The summed E-state index contributed by atoms with van der Waals surface area (Å²) in [6, 6.07) is 5.87. The third-order valence-corrected chi connectivity index (χ3v) is 5.75. The van der Waals surface area contributed by atoms with E-state index in [1.54, 1.807) is 12.1 Å². The van der Waals surface area contributed by atoms with Crippen LogP contribution in [0.15, 0.2) is 30.6 Å². The van der Waals surface area contributed by atoms with Gasteiger partial charge < -0.3 is 23.7 Å². The Balaban J connectivity index is 1.60. The zero-order valence-corrected chi connectivity index (χ0v) is 21.5. The number of carbonyl (C=O) groups is 3. The first-order valence-electron chi connectivity index (χ1n) is 11.9. The van der Waals surface area contributed by atoms with E-state index in [2.05, 4.69) is 15.0 Å². The number of non-ortho nitro benzene ring substituents is 1. The summed E-state index contributed by atoms with van der Waals surface area (Å²) in [5.41, 5.74) is 0.667. The van der Waals surface area contributed by atoms with Crippen molar-refractivity contribution >= 4 is 34.8 Å². The molecule has 3 aromatic rings. The van der Waals surface area contributed by atoms with E-state index < -0.39 is 53.4 Å². The first-order chi connectivity index (χ1) is 19.0. The van der Waals surface area contributed by atoms with Crippen molar-refractivity contribution in [3.8, 4) is 5.88 Å². The lowest BCUT2D eigenvalue weighted by molar-refractivity contribution is -0.384. The van der Waals surface area contributed by atoms with Gasteiger partial charge in [-0.2, -0.15) is 14.4 Å². The highest BCUT2D eigenvalue weighted by molar-refractivity contribution is 5.76. The van der Waals surface area contributed by atoms with Crippen molar-refractivity contribution in [1.29, 1.82) is 0 Å². The van der Waals surface area contributed by atoms with Gasteiger partial charge in [0.05, 0.1) is 17.9 Å². The monoisotopic (exact) mass is 561 g/mol. The van der Waals surface area contributed by atoms with Gasteiger partial charge in [-0.3, -0.25) is 29.1 Å². The molecule has 1 aliphatic rings. The Hall–Kier alpha value is -4.73. The Morgan fingerprint density at radius 3 is 2.35 bits per heavy atom. The fourth-order valence-electron chi connectivity index (χ4n) is 4.12. The summed E-state index contributed by atoms with van der Waals surface area (Å²) in [5, 5.41) is 10.8. The molecule has 3 heterocycles. The standard InChI is InChI=1S/C24H24FN5O10/c1-12(31)37-10-17-19(38-13(2)32)20(39-14(3)33)23(40-17)29-11-26-18-21(29)27-24(25)28-22(18)36-9-8-15-4-6-16(7-5-15)30(34)35/h4-7,11,17,19-20,23H,8-10H2,1-3H3/t17-,19-,20-,23-/m1/s1. The number of nitro benzene ring substituents is 1. The van der Waals surface area contributed by atoms with Crippen LogP contribution in [0.4, 0.5) is 10.1 Å². The van der Waals surface area contributed by atoms with Gasteiger partial charge in [0.2, 0.25) is 5.88 Å². The molecule has 0 radical (unpaired) electrons. The molecule has 1 aliphatic heterocycles. The molecule has 0 aliphatic carbocycles. The fourth-order valence-corrected chi connectivity index (χ4v) is 4.12. The van der Waals surface area contributed by atoms with E-state index >= 15 is 0 Å². The number of hydrogen-bond donors (Lipinski definition) is 0. The molecule has 16 heteroatoms. The van der Waals surface area contributed by atoms with E-state index in [0.29, 0.717) is 6.42 Å². The molecule has 40 heavy (non-hydrogen) atoms. The van der Waals surface area contributed by atoms with Crippen LogP contribution in [0.5, 0.6) is 5.88 Å². The van der Waals surface area contributed by atoms with Gasteiger partial charge in [0.25, 0.3) is 5.69 Å². The minimum atomic E-state index is -1.23. The smallest absolute Gasteiger partial charge is 0.314 e. The van der Waals surface area contributed by atoms with Gasteiger partial charge in [-0.15, -0.1) is 0 Å². The number of hydrogen-bond acceptors (Lipinski definition) is 13. The summed E-state index contributed by atoms with van der Waals surface area (Å²) in [6.07, 6.45) is -4.23. The molecule has 4 rings (SSSR count). The average Bonchev–Trinajstić information content (AvgIpc) is 3.43. The summed E-state index contributed by atoms with van der Waals surface area (Å²) in [5.74, 6) is -2.22. The molecular weight excluding hydrogens is 537 g/mol. The topological polar surface area (TPSA) is 184 Å². The normalized spacial score (nSPS) is 20.2. The minimum Gasteiger partial charge on any atom is -0.476 e. The average molecular weight is 561 g/mol. The maximum absolute atomic E-state index is 14.5. The number of carbonyl (C=O) groups excluding carboxylic acids is 3. The Morgan fingerprint density at radius 2 is 1.73 bits per heavy atom. The van der Waals surface area contributed by atoms with E-state index in [-0.39, 0.29) is 35.9 Å². The van der Waals surface area contributed by atoms with Crippen LogP contribution in [-0.2, 0) is 39.8 Å². The highest BCUT2D eigenvalue weighted by atomic mass is 19.1. The third kappa shape index (κ3) is 6.45. The molecule has 0 unspecified atom stereocenters. The molecule has 2 aromatic heterocycles. The lowest BCUT2D eigenvalue weighted by atomic mass is 10.1. The Kier molecular flexibility index (Phi) is 8.47. The van der Waals surface area contributed by atoms with Crippen LogP contribution in [-0.4, -0.2) is 73.9 Å². The maximum Gasteiger partial charge on any atom is 0.314 e. The SMILES string of the molecule is CC(=O)OC[C@H]1O[C@@H](n2cnc3c(OCCc4ccc([N+](=O)[O-])cc4)nc(F)nc32)[C@H](OC(C)=O)[C@@H]1OC(C)=O. The number of ether oxygens (including phenoxy) is 5. The first kappa shape index (κ1) is 28.3. The second-order valence-electron chi connectivity index (χ2n) is 8.66. The molecular formula is C24H24FN5O10. The molecule has 0 amide bonds. The quantitative estimate of drug-likeness (QED) is 0.115. The van der Waals surface area contributed by atoms with Gasteiger partial charge in [0.1, 0.15) is 12.7 Å². The second kappa shape index (κ2) is 12.0. The third-order valence-electron chi connectivity index (χ3n) is 5.75. The lowest BCUT2D eigenvalue weighted by Crippen LogP contribution is -2.40. The van der Waals surface area contributed by atoms with E-state index in [4.69, 9.17) is 23.7 Å². The number of rotatable bonds is 10. The predicted octanol–water partition coefficient (Wildman–Crippen LogP) is 1.82. The number of nitrogens with zero attached hydrogens (tertiary/aromatic N) is 5. The zero-order chi connectivity index (χ0) is 29.0. The van der Waals surface area contributed by atoms with Gasteiger partial charge in [-0.25, -0.2) is 4.98 Å². The molecule has 1 fully saturated rings. The van der Waals surface area contributed by atoms with Crippen LogP contribution in [0.3, 0.4) is 0 Å². The van der Waals surface area contributed by atoms with Crippen LogP contribution in [0.1, 0.15) is 32.6 Å². The molecule has 0 N–H and O–H groups in total. The van der Waals surface area contributed by atoms with E-state index in [0.717, 1.165) is 19.4 Å². The summed E-state index contributed by atoms with van der Waals surface area (Å²) in [4.78, 5) is 57.1. The number of fused-ring (bicyclic) bond motifs is 1. The number of aromatic nitrogens is 4. The maximum atomic E-state index is 14.5. The van der Waals surface area contributed by atoms with Crippen molar-refractivity contribution < 1.29 is 47.4 Å². The predicted molar refractivity (Wildman–Crippen MR) is 129 cm³/mol. The molecule has 0 saturated carbocycles. The number of halogens is 1. The largest absolute Gasteiger partial charge is 0.476 e. The number of benzene rings is 1. The van der Waals surface area contributed by atoms with E-state index in [1.807, 2.05) is 0 Å². The van der Waals surface area contributed by atoms with Crippen LogP contribution < -0.4 is 4.74 Å². The van der Waals surface area contributed by atoms with Crippen LogP contribution >= 0.6 is 0 Å². The van der Waals surface area contributed by atoms with Crippen molar-refractivity contribution in [1.82, 2.24) is 19.5 Å². The lowest BCUT2D eigenvalue weighted by Gasteiger charge is -2.23. The molecule has 0 bridgehead atoms. The molecule has 15 nitrogen and oxygen atoms in total. The second-order valence-corrected chi connectivity index (χ2v) is 8.66. The van der Waals surface area contributed by atoms with Gasteiger partial charge in [-0.1, -0.05) is 12.1 Å². The summed E-state index contributed by atoms with van der Waals surface area (Å²) in [6.45, 7) is 3.19. The first-order valence-corrected chi connectivity index (χ1v) is 11.9. The van der Waals surface area contributed by atoms with Crippen molar-refractivity contribution in [2.75, 3.05) is 13.2 Å². The summed E-state index contributed by atoms with van der Waals surface area (Å²) < 4.78 is 43.1. The van der Waals surface area contributed by atoms with Gasteiger partial charge >= 0.3 is 24.0 Å². The summed E-state index contributed by atoms with van der Waals surface area (Å²) >= 11 is 0. The number of nitro groups is 1. The van der Waals surface area contributed by atoms with Crippen molar-refractivity contribution in [2.45, 2.75) is 51.7 Å². The van der Waals surface area contributed by atoms with Crippen LogP contribution in [0.25, 0.3) is 11.2 Å². The van der Waals surface area contributed by atoms with E-state index in [1.165, 1.54) is 30.0 Å². The van der Waals surface area contributed by atoms with Crippen molar-refractivity contribution in [2.24, 2.45) is 0 Å². The Bertz CT molecular complexity index is 1430. The van der Waals surface area contributed by atoms with E-state index in [9.17, 15) is 28.9 Å². The summed E-state index contributed by atoms with van der Waals surface area (Å²) in [7, 11) is 0. The van der Waals surface area contributed by atoms with Crippen molar-refractivity contribution in [3.63, 3.8) is 0 Å². The van der Waals surface area contributed by atoms with Crippen molar-refractivity contribution in [3.05, 3.63) is 52.3 Å². The number of imidazole rings is 1. The molecule has 0 spiro atoms. The Morgan fingerprint density at radius 1 is 1.05 bits per heavy atom. The van der Waals surface area contributed by atoms with Gasteiger partial charge in [0.15, 0.2) is 29.6 Å². The highest BCUT2D eigenvalue weighted by Crippen LogP contribution is 2.36. The molecule has 1 aromatic carbocycles. The molecule has 4 atom stereocenters. The van der Waals surface area contributed by atoms with Gasteiger partial charge in [0, 0.05) is 39.3 Å². The van der Waals surface area contributed by atoms with Crippen LogP contribution in [0, 0.1) is 16.2 Å².